The average molecular weight is 403 g/mol. The standard InChI is InChI=1S/C23H18N2OS2/c24-21(26)20-22(27-16-25-20)28-23(17-10-4-1-5-11-17,18-12-6-2-7-13-18)19-14-8-3-9-15-19/h1-16H,(H2,24,26). The van der Waals surface area contributed by atoms with Crippen molar-refractivity contribution in [3.63, 3.8) is 0 Å². The van der Waals surface area contributed by atoms with E-state index in [0.717, 1.165) is 20.9 Å². The Morgan fingerprint density at radius 1 is 0.786 bits per heavy atom. The van der Waals surface area contributed by atoms with Crippen LogP contribution in [0.3, 0.4) is 0 Å². The van der Waals surface area contributed by atoms with Crippen molar-refractivity contribution in [2.75, 3.05) is 0 Å². The molecule has 0 bridgehead atoms. The van der Waals surface area contributed by atoms with Gasteiger partial charge in [-0.15, -0.1) is 11.3 Å². The first-order valence-electron chi connectivity index (χ1n) is 8.80. The Balaban J connectivity index is 2.01. The van der Waals surface area contributed by atoms with E-state index in [-0.39, 0.29) is 0 Å². The maximum Gasteiger partial charge on any atom is 0.269 e. The Morgan fingerprint density at radius 2 is 1.21 bits per heavy atom. The molecular weight excluding hydrogens is 384 g/mol. The fraction of sp³-hybridized carbons (Fsp3) is 0.0435. The first-order valence-corrected chi connectivity index (χ1v) is 10.5. The largest absolute Gasteiger partial charge is 0.364 e. The third kappa shape index (κ3) is 3.35. The van der Waals surface area contributed by atoms with Crippen molar-refractivity contribution in [1.29, 1.82) is 0 Å². The lowest BCUT2D eigenvalue weighted by Gasteiger charge is -2.35. The van der Waals surface area contributed by atoms with Crippen molar-refractivity contribution in [3.05, 3.63) is 119 Å². The van der Waals surface area contributed by atoms with Crippen LogP contribution in [0.4, 0.5) is 0 Å². The lowest BCUT2D eigenvalue weighted by atomic mass is 9.84. The summed E-state index contributed by atoms with van der Waals surface area (Å²) in [4.78, 5) is 16.1. The van der Waals surface area contributed by atoms with Gasteiger partial charge in [0, 0.05) is 0 Å². The molecule has 0 spiro atoms. The fourth-order valence-electron chi connectivity index (χ4n) is 3.31. The zero-order valence-electron chi connectivity index (χ0n) is 15.0. The smallest absolute Gasteiger partial charge is 0.269 e. The Labute approximate surface area is 172 Å². The summed E-state index contributed by atoms with van der Waals surface area (Å²) in [5.74, 6) is -0.508. The first kappa shape index (κ1) is 18.5. The van der Waals surface area contributed by atoms with Crippen LogP contribution in [0.15, 0.2) is 101 Å². The van der Waals surface area contributed by atoms with Crippen molar-refractivity contribution in [1.82, 2.24) is 4.98 Å². The van der Waals surface area contributed by atoms with Crippen LogP contribution in [0, 0.1) is 0 Å². The Morgan fingerprint density at radius 3 is 1.61 bits per heavy atom. The topological polar surface area (TPSA) is 56.0 Å². The number of carbonyl (C=O) groups is 1. The van der Waals surface area contributed by atoms with Gasteiger partial charge in [-0.2, -0.15) is 0 Å². The second-order valence-corrected chi connectivity index (χ2v) is 8.57. The van der Waals surface area contributed by atoms with Gasteiger partial charge in [-0.3, -0.25) is 4.79 Å². The number of primary amides is 1. The monoisotopic (exact) mass is 402 g/mol. The molecule has 0 aliphatic carbocycles. The number of nitrogens with two attached hydrogens (primary N) is 1. The number of aromatic nitrogens is 1. The molecule has 3 nitrogen and oxygen atoms in total. The van der Waals surface area contributed by atoms with E-state index in [4.69, 9.17) is 5.73 Å². The van der Waals surface area contributed by atoms with Crippen LogP contribution >= 0.6 is 23.1 Å². The van der Waals surface area contributed by atoms with Gasteiger partial charge in [0.15, 0.2) is 5.69 Å². The zero-order chi connectivity index (χ0) is 19.4. The number of benzene rings is 3. The van der Waals surface area contributed by atoms with Crippen LogP contribution in [-0.2, 0) is 4.75 Å². The minimum absolute atomic E-state index is 0.321. The summed E-state index contributed by atoms with van der Waals surface area (Å²) in [6.45, 7) is 0. The number of nitrogens with zero attached hydrogens (tertiary/aromatic N) is 1. The van der Waals surface area contributed by atoms with E-state index in [2.05, 4.69) is 41.4 Å². The number of hydrogen-bond acceptors (Lipinski definition) is 4. The van der Waals surface area contributed by atoms with Gasteiger partial charge in [0.05, 0.1) is 14.5 Å². The number of thiazole rings is 1. The SMILES string of the molecule is NC(=O)c1ncsc1SC(c1ccccc1)(c1ccccc1)c1ccccc1. The van der Waals surface area contributed by atoms with Crippen molar-refractivity contribution in [2.45, 2.75) is 8.96 Å². The maximum absolute atomic E-state index is 11.9. The van der Waals surface area contributed by atoms with E-state index in [1.54, 1.807) is 17.3 Å². The van der Waals surface area contributed by atoms with Crippen LogP contribution in [-0.4, -0.2) is 10.9 Å². The average Bonchev–Trinajstić information content (AvgIpc) is 3.22. The van der Waals surface area contributed by atoms with Crippen molar-refractivity contribution >= 4 is 29.0 Å². The Bertz CT molecular complexity index is 967. The van der Waals surface area contributed by atoms with Gasteiger partial charge in [0.1, 0.15) is 0 Å². The molecule has 1 aromatic heterocycles. The van der Waals surface area contributed by atoms with E-state index in [1.807, 2.05) is 54.6 Å². The highest BCUT2D eigenvalue weighted by molar-refractivity contribution is 8.02. The number of rotatable bonds is 6. The van der Waals surface area contributed by atoms with Gasteiger partial charge in [-0.05, 0) is 16.7 Å². The second kappa shape index (κ2) is 8.00. The molecule has 2 N–H and O–H groups in total. The predicted molar refractivity (Wildman–Crippen MR) is 116 cm³/mol. The highest BCUT2D eigenvalue weighted by atomic mass is 32.2. The molecule has 1 amide bonds. The number of thioether (sulfide) groups is 1. The Hall–Kier alpha value is -2.89. The molecule has 0 aliphatic rings. The van der Waals surface area contributed by atoms with E-state index < -0.39 is 10.7 Å². The molecule has 0 saturated carbocycles. The summed E-state index contributed by atoms with van der Waals surface area (Å²) < 4.78 is 0.268. The van der Waals surface area contributed by atoms with Crippen molar-refractivity contribution < 1.29 is 4.79 Å². The molecule has 138 valence electrons. The van der Waals surface area contributed by atoms with Gasteiger partial charge in [-0.1, -0.05) is 103 Å². The van der Waals surface area contributed by atoms with Crippen LogP contribution in [0.2, 0.25) is 0 Å². The molecule has 0 saturated heterocycles. The Kier molecular flexibility index (Phi) is 5.28. The molecule has 5 heteroatoms. The minimum Gasteiger partial charge on any atom is -0.364 e. The van der Waals surface area contributed by atoms with Gasteiger partial charge < -0.3 is 5.73 Å². The number of hydrogen-bond donors (Lipinski definition) is 1. The van der Waals surface area contributed by atoms with Crippen molar-refractivity contribution in [2.24, 2.45) is 5.73 Å². The highest BCUT2D eigenvalue weighted by Gasteiger charge is 2.39. The number of amides is 1. The summed E-state index contributed by atoms with van der Waals surface area (Å²) in [5, 5.41) is 0. The second-order valence-electron chi connectivity index (χ2n) is 6.23. The number of carbonyl (C=O) groups excluding carboxylic acids is 1. The molecule has 4 aromatic rings. The molecule has 28 heavy (non-hydrogen) atoms. The maximum atomic E-state index is 11.9. The van der Waals surface area contributed by atoms with Gasteiger partial charge >= 0.3 is 0 Å². The molecule has 0 radical (unpaired) electrons. The fourth-order valence-corrected chi connectivity index (χ4v) is 5.81. The van der Waals surface area contributed by atoms with E-state index in [9.17, 15) is 4.79 Å². The zero-order valence-corrected chi connectivity index (χ0v) is 16.6. The third-order valence-corrected chi connectivity index (χ3v) is 7.10. The van der Waals surface area contributed by atoms with Crippen LogP contribution in [0.25, 0.3) is 0 Å². The predicted octanol–water partition coefficient (Wildman–Crippen LogP) is 5.33. The molecule has 3 aromatic carbocycles. The quantitative estimate of drug-likeness (QED) is 0.350. The van der Waals surface area contributed by atoms with E-state index in [0.29, 0.717) is 5.69 Å². The molecule has 0 aliphatic heterocycles. The normalized spacial score (nSPS) is 11.3. The molecular formula is C23H18N2OS2. The van der Waals surface area contributed by atoms with Gasteiger partial charge in [-0.25, -0.2) is 4.98 Å². The van der Waals surface area contributed by atoms with Crippen molar-refractivity contribution in [3.8, 4) is 0 Å². The van der Waals surface area contributed by atoms with E-state index in [1.165, 1.54) is 11.3 Å². The van der Waals surface area contributed by atoms with Crippen LogP contribution in [0.5, 0.6) is 0 Å². The van der Waals surface area contributed by atoms with Crippen LogP contribution in [0.1, 0.15) is 27.2 Å². The third-order valence-electron chi connectivity index (χ3n) is 4.56. The van der Waals surface area contributed by atoms with Gasteiger partial charge in [0.2, 0.25) is 0 Å². The molecule has 0 fully saturated rings. The molecule has 1 heterocycles. The van der Waals surface area contributed by atoms with Crippen LogP contribution < -0.4 is 5.73 Å². The highest BCUT2D eigenvalue weighted by Crippen LogP contribution is 2.53. The summed E-state index contributed by atoms with van der Waals surface area (Å²) in [6.07, 6.45) is 0. The summed E-state index contributed by atoms with van der Waals surface area (Å²) >= 11 is 3.05. The first-order chi connectivity index (χ1) is 13.7. The molecule has 0 atom stereocenters. The van der Waals surface area contributed by atoms with E-state index >= 15 is 0 Å². The summed E-state index contributed by atoms with van der Waals surface area (Å²) in [7, 11) is 0. The summed E-state index contributed by atoms with van der Waals surface area (Å²) in [6, 6.07) is 31.0. The lowest BCUT2D eigenvalue weighted by Crippen LogP contribution is -2.26. The molecule has 0 unspecified atom stereocenters. The van der Waals surface area contributed by atoms with Gasteiger partial charge in [0.25, 0.3) is 5.91 Å². The molecule has 4 rings (SSSR count). The lowest BCUT2D eigenvalue weighted by molar-refractivity contribution is 0.0993. The summed E-state index contributed by atoms with van der Waals surface area (Å²) in [5.41, 5.74) is 11.0. The minimum atomic E-state index is -0.541.